The molecule has 0 aliphatic carbocycles. The highest BCUT2D eigenvalue weighted by Gasteiger charge is 2.64. The Balaban J connectivity index is 2.26. The molecule has 0 saturated heterocycles. The highest BCUT2D eigenvalue weighted by Crippen LogP contribution is 2.55. The zero-order valence-corrected chi connectivity index (χ0v) is 17.8. The molecule has 3 atom stereocenters. The van der Waals surface area contributed by atoms with Crippen LogP contribution in [-0.4, -0.2) is 18.4 Å². The van der Waals surface area contributed by atoms with Crippen LogP contribution in [0, 0.1) is 11.7 Å². The van der Waals surface area contributed by atoms with Crippen LogP contribution in [0.1, 0.15) is 17.2 Å². The maximum atomic E-state index is 14.3. The third kappa shape index (κ3) is 3.65. The van der Waals surface area contributed by atoms with E-state index in [4.69, 9.17) is 34.8 Å². The van der Waals surface area contributed by atoms with Crippen molar-refractivity contribution in [3.63, 3.8) is 0 Å². The van der Waals surface area contributed by atoms with E-state index in [0.717, 1.165) is 24.3 Å². The van der Waals surface area contributed by atoms with Gasteiger partial charge in [0.1, 0.15) is 11.2 Å². The van der Waals surface area contributed by atoms with E-state index in [0.29, 0.717) is 6.21 Å². The Labute approximate surface area is 185 Å². The third-order valence-electron chi connectivity index (χ3n) is 4.71. The fraction of sp³-hybridized carbons (Fsp3) is 0.222. The second kappa shape index (κ2) is 7.72. The molecule has 29 heavy (non-hydrogen) atoms. The summed E-state index contributed by atoms with van der Waals surface area (Å²) in [4.78, 5) is 15.8. The lowest BCUT2D eigenvalue weighted by molar-refractivity contribution is -0.318. The van der Waals surface area contributed by atoms with Crippen LogP contribution < -0.4 is 5.11 Å². The van der Waals surface area contributed by atoms with Gasteiger partial charge in [0.25, 0.3) is 0 Å². The predicted molar refractivity (Wildman–Crippen MR) is 103 cm³/mol. The molecule has 0 N–H and O–H groups in total. The van der Waals surface area contributed by atoms with E-state index in [9.17, 15) is 27.5 Å². The van der Waals surface area contributed by atoms with Gasteiger partial charge in [-0.15, -0.1) is 0 Å². The Hall–Kier alpha value is -1.35. The van der Waals surface area contributed by atoms with Crippen LogP contribution in [0.25, 0.3) is 0 Å². The van der Waals surface area contributed by atoms with Crippen molar-refractivity contribution >= 4 is 62.9 Å². The number of carbonyl (C=O) groups is 1. The topological polar surface area (TPSA) is 52.5 Å². The van der Waals surface area contributed by atoms with Gasteiger partial charge in [0, 0.05) is 18.1 Å². The van der Waals surface area contributed by atoms with Gasteiger partial charge in [-0.05, 0) is 51.3 Å². The lowest BCUT2D eigenvalue weighted by atomic mass is 9.68. The number of carboxylic acid groups (broad SMARTS) is 1. The SMILES string of the molecule is O=C([O-])C1C(c2ccc(F)c(Br)c2)N=CC1(c1cc(Cl)c(Cl)c(Cl)c1)C(F)(F)F. The van der Waals surface area contributed by atoms with E-state index >= 15 is 0 Å². The minimum Gasteiger partial charge on any atom is -0.550 e. The molecule has 0 bridgehead atoms. The maximum absolute atomic E-state index is 14.3. The first-order valence-corrected chi connectivity index (χ1v) is 9.74. The fourth-order valence-electron chi connectivity index (χ4n) is 3.36. The molecule has 0 amide bonds. The van der Waals surface area contributed by atoms with E-state index in [2.05, 4.69) is 20.9 Å². The normalized spacial score (nSPS) is 24.1. The number of nitrogens with zero attached hydrogens (tertiary/aromatic N) is 1. The largest absolute Gasteiger partial charge is 0.550 e. The van der Waals surface area contributed by atoms with Gasteiger partial charge in [0.15, 0.2) is 0 Å². The van der Waals surface area contributed by atoms with Crippen molar-refractivity contribution in [1.82, 2.24) is 0 Å². The second-order valence-electron chi connectivity index (χ2n) is 6.31. The Bertz CT molecular complexity index is 1010. The zero-order chi connectivity index (χ0) is 21.7. The highest BCUT2D eigenvalue weighted by molar-refractivity contribution is 9.10. The summed E-state index contributed by atoms with van der Waals surface area (Å²) in [5, 5.41) is 11.2. The molecule has 0 radical (unpaired) electrons. The number of hydrogen-bond acceptors (Lipinski definition) is 3. The molecule has 0 aromatic heterocycles. The van der Waals surface area contributed by atoms with Crippen LogP contribution in [-0.2, 0) is 10.2 Å². The van der Waals surface area contributed by atoms with Crippen LogP contribution in [0.4, 0.5) is 17.6 Å². The molecule has 3 rings (SSSR count). The first-order chi connectivity index (χ1) is 13.4. The van der Waals surface area contributed by atoms with Crippen molar-refractivity contribution in [2.45, 2.75) is 17.6 Å². The predicted octanol–water partition coefficient (Wildman–Crippen LogP) is 5.54. The van der Waals surface area contributed by atoms with Crippen LogP contribution in [0.15, 0.2) is 39.8 Å². The Kier molecular flexibility index (Phi) is 5.95. The van der Waals surface area contributed by atoms with Crippen LogP contribution in [0.5, 0.6) is 0 Å². The van der Waals surface area contributed by atoms with Crippen molar-refractivity contribution in [1.29, 1.82) is 0 Å². The number of aliphatic carboxylic acids is 1. The van der Waals surface area contributed by atoms with Gasteiger partial charge in [0.2, 0.25) is 0 Å². The molecule has 3 unspecified atom stereocenters. The van der Waals surface area contributed by atoms with Crippen molar-refractivity contribution in [2.75, 3.05) is 0 Å². The lowest BCUT2D eigenvalue weighted by Crippen LogP contribution is -2.54. The van der Waals surface area contributed by atoms with Gasteiger partial charge < -0.3 is 9.90 Å². The van der Waals surface area contributed by atoms with Gasteiger partial charge >= 0.3 is 6.18 Å². The molecule has 3 nitrogen and oxygen atoms in total. The average Bonchev–Trinajstić information content (AvgIpc) is 3.03. The van der Waals surface area contributed by atoms with Crippen LogP contribution in [0.3, 0.4) is 0 Å². The number of alkyl halides is 3. The molecule has 1 aliphatic heterocycles. The second-order valence-corrected chi connectivity index (χ2v) is 8.36. The standard InChI is InChI=1S/C18H9BrCl3F4NO2/c19-9-3-7(1-2-12(9)23)15-13(16(28)29)17(6-27-15,18(24,25)26)8-4-10(20)14(22)11(21)5-8/h1-6,13,15H,(H,28,29)/p-1. The van der Waals surface area contributed by atoms with Gasteiger partial charge in [-0.25, -0.2) is 4.39 Å². The molecular weight excluding hydrogens is 524 g/mol. The lowest BCUT2D eigenvalue weighted by Gasteiger charge is -2.38. The average molecular weight is 533 g/mol. The van der Waals surface area contributed by atoms with Gasteiger partial charge in [-0.1, -0.05) is 40.9 Å². The molecule has 1 heterocycles. The zero-order valence-electron chi connectivity index (χ0n) is 13.9. The van der Waals surface area contributed by atoms with E-state index < -0.39 is 40.9 Å². The number of hydrogen-bond donors (Lipinski definition) is 0. The summed E-state index contributed by atoms with van der Waals surface area (Å²) >= 11 is 20.5. The summed E-state index contributed by atoms with van der Waals surface area (Å²) in [6.07, 6.45) is -4.60. The van der Waals surface area contributed by atoms with Crippen molar-refractivity contribution in [3.8, 4) is 0 Å². The minimum absolute atomic E-state index is 0.0515. The van der Waals surface area contributed by atoms with Gasteiger partial charge in [-0.3, -0.25) is 4.99 Å². The van der Waals surface area contributed by atoms with Gasteiger partial charge in [0.05, 0.1) is 25.6 Å². The van der Waals surface area contributed by atoms with Crippen LogP contribution in [0.2, 0.25) is 15.1 Å². The number of carbonyl (C=O) groups excluding carboxylic acids is 1. The molecular formula is C18H8BrCl3F4NO2-. The molecule has 1 aliphatic rings. The molecule has 11 heteroatoms. The fourth-order valence-corrected chi connectivity index (χ4v) is 4.36. The summed E-state index contributed by atoms with van der Waals surface area (Å²) in [5.74, 6) is -4.86. The number of rotatable bonds is 3. The number of benzene rings is 2. The third-order valence-corrected chi connectivity index (χ3v) is 6.52. The molecule has 0 fully saturated rings. The monoisotopic (exact) mass is 530 g/mol. The summed E-state index contributed by atoms with van der Waals surface area (Å²) in [6, 6.07) is 3.62. The van der Waals surface area contributed by atoms with Crippen molar-refractivity contribution in [2.24, 2.45) is 10.9 Å². The number of halogens is 8. The smallest absolute Gasteiger partial charge is 0.404 e. The highest BCUT2D eigenvalue weighted by atomic mass is 79.9. The molecule has 2 aromatic carbocycles. The Morgan fingerprint density at radius 1 is 1.14 bits per heavy atom. The Morgan fingerprint density at radius 3 is 2.21 bits per heavy atom. The molecule has 0 spiro atoms. The number of aliphatic imine (C=N–C) groups is 1. The summed E-state index contributed by atoms with van der Waals surface area (Å²) in [5.41, 5.74) is -3.58. The molecule has 2 aromatic rings. The summed E-state index contributed by atoms with van der Waals surface area (Å²) in [7, 11) is 0. The molecule has 154 valence electrons. The minimum atomic E-state index is -5.10. The molecule has 0 saturated carbocycles. The van der Waals surface area contributed by atoms with E-state index in [1.54, 1.807) is 0 Å². The quantitative estimate of drug-likeness (QED) is 0.385. The van der Waals surface area contributed by atoms with E-state index in [1.165, 1.54) is 6.07 Å². The van der Waals surface area contributed by atoms with Crippen LogP contribution >= 0.6 is 50.7 Å². The number of carboxylic acids is 1. The summed E-state index contributed by atoms with van der Waals surface area (Å²) < 4.78 is 56.5. The maximum Gasteiger partial charge on any atom is 0.404 e. The Morgan fingerprint density at radius 2 is 1.72 bits per heavy atom. The van der Waals surface area contributed by atoms with Crippen molar-refractivity contribution in [3.05, 3.63) is 66.8 Å². The summed E-state index contributed by atoms with van der Waals surface area (Å²) in [6.45, 7) is 0. The van der Waals surface area contributed by atoms with Crippen molar-refractivity contribution < 1.29 is 27.5 Å². The van der Waals surface area contributed by atoms with Gasteiger partial charge in [-0.2, -0.15) is 13.2 Å². The first kappa shape index (κ1) is 22.3. The van der Waals surface area contributed by atoms with E-state index in [-0.39, 0.29) is 25.1 Å². The van der Waals surface area contributed by atoms with E-state index in [1.807, 2.05) is 0 Å². The first-order valence-electron chi connectivity index (χ1n) is 7.82.